The molecule has 0 aromatic carbocycles. The number of aliphatic carboxylic acids is 1. The molecule has 2 saturated carbocycles. The lowest BCUT2D eigenvalue weighted by molar-refractivity contribution is -0.150. The Morgan fingerprint density at radius 1 is 0.697 bits per heavy atom. The van der Waals surface area contributed by atoms with Crippen LogP contribution in [0.2, 0.25) is 0 Å². The quantitative estimate of drug-likeness (QED) is 0.0267. The van der Waals surface area contributed by atoms with Crippen LogP contribution in [0.5, 0.6) is 0 Å². The van der Waals surface area contributed by atoms with E-state index in [2.05, 4.69) is 52.9 Å². The second-order valence-corrected chi connectivity index (χ2v) is 20.4. The summed E-state index contributed by atoms with van der Waals surface area (Å²) in [5.74, 6) is -3.98. The van der Waals surface area contributed by atoms with E-state index in [4.69, 9.17) is 33.5 Å². The molecule has 2 heterocycles. The van der Waals surface area contributed by atoms with Gasteiger partial charge in [0.25, 0.3) is 0 Å². The first-order chi connectivity index (χ1) is 35.2. The number of aliphatic hydroxyl groups is 2. The van der Waals surface area contributed by atoms with E-state index in [1.807, 2.05) is 0 Å². The predicted octanol–water partition coefficient (Wildman–Crippen LogP) is 3.15. The first kappa shape index (κ1) is 68.4. The highest BCUT2D eigenvalue weighted by Crippen LogP contribution is 2.46. The van der Waals surface area contributed by atoms with E-state index >= 15 is 0 Å². The van der Waals surface area contributed by atoms with E-state index in [1.165, 1.54) is 4.90 Å². The lowest BCUT2D eigenvalue weighted by atomic mass is 10.1. The lowest BCUT2D eigenvalue weighted by Crippen LogP contribution is -2.57. The number of esters is 2. The van der Waals surface area contributed by atoms with Crippen molar-refractivity contribution in [2.45, 2.75) is 165 Å². The number of allylic oxidation sites excluding steroid dienone is 2. The zero-order chi connectivity index (χ0) is 56.7. The van der Waals surface area contributed by atoms with Crippen molar-refractivity contribution in [2.75, 3.05) is 52.7 Å². The number of hydrogen-bond acceptors (Lipinski definition) is 17. The van der Waals surface area contributed by atoms with Gasteiger partial charge in [0.05, 0.1) is 44.7 Å². The molecule has 0 spiro atoms. The smallest absolute Gasteiger partial charge is 0.408 e. The van der Waals surface area contributed by atoms with Crippen LogP contribution in [-0.4, -0.2) is 179 Å². The fraction of sp³-hybridized carbons (Fsp3) is 0.692. The summed E-state index contributed by atoms with van der Waals surface area (Å²) in [6.07, 6.45) is 7.89. The number of carbonyl (C=O) groups excluding carboxylic acids is 7. The van der Waals surface area contributed by atoms with Crippen molar-refractivity contribution < 1.29 is 82.1 Å². The fourth-order valence-electron chi connectivity index (χ4n) is 7.87. The predicted molar refractivity (Wildman–Crippen MR) is 282 cm³/mol. The number of carboxylic acids is 1. The molecule has 0 radical (unpaired) electrons. The number of amides is 5. The van der Waals surface area contributed by atoms with Crippen molar-refractivity contribution in [1.29, 1.82) is 0 Å². The van der Waals surface area contributed by atoms with Crippen molar-refractivity contribution in [3.63, 3.8) is 0 Å². The average Bonchev–Trinajstić information content (AvgIpc) is 4.11. The van der Waals surface area contributed by atoms with Crippen LogP contribution in [0.15, 0.2) is 50.6 Å². The highest BCUT2D eigenvalue weighted by molar-refractivity contribution is 5.97. The van der Waals surface area contributed by atoms with Gasteiger partial charge < -0.3 is 75.2 Å². The van der Waals surface area contributed by atoms with Crippen LogP contribution in [0.1, 0.15) is 107 Å². The highest BCUT2D eigenvalue weighted by atomic mass is 35.5. The van der Waals surface area contributed by atoms with Crippen LogP contribution in [0.4, 0.5) is 9.59 Å². The summed E-state index contributed by atoms with van der Waals surface area (Å²) < 4.78 is 31.2. The molecule has 23 nitrogen and oxygen atoms in total. The zero-order valence-electron chi connectivity index (χ0n) is 45.5. The van der Waals surface area contributed by atoms with Crippen molar-refractivity contribution in [2.24, 2.45) is 11.8 Å². The van der Waals surface area contributed by atoms with Gasteiger partial charge in [-0.3, -0.25) is 14.4 Å². The van der Waals surface area contributed by atoms with E-state index in [-0.39, 0.29) is 69.5 Å². The Labute approximate surface area is 453 Å². The minimum Gasteiger partial charge on any atom is -0.480 e. The SMILES string of the molecule is C=CCCCOC[C@H](NC(=O)OC(C)(C)C)C(=O)N1C[C@H](O)C[C@H]1C(=O)N[C@]1(C(=O)OCC)C[C@H]1C=C.C=CCCCOC[C@H](NC(=O)OC(C)(C)C)C(=O)O.C=C[C@@H]1C[C@]1(NC(=O)[C@@H]1C[C@@H](O)CN1)C(=O)OCC.Cl. The van der Waals surface area contributed by atoms with Gasteiger partial charge in [-0.2, -0.15) is 0 Å². The topological polar surface area (TPSA) is 316 Å². The van der Waals surface area contributed by atoms with Gasteiger partial charge in [0, 0.05) is 44.6 Å². The third-order valence-corrected chi connectivity index (χ3v) is 11.8. The summed E-state index contributed by atoms with van der Waals surface area (Å²) in [5.41, 5.74) is -3.65. The number of nitrogens with one attached hydrogen (secondary N) is 5. The number of rotatable bonds is 26. The van der Waals surface area contributed by atoms with Crippen LogP contribution >= 0.6 is 12.4 Å². The number of nitrogens with zero attached hydrogens (tertiary/aromatic N) is 1. The number of carbonyl (C=O) groups is 8. The summed E-state index contributed by atoms with van der Waals surface area (Å²) in [6.45, 7) is 29.4. The van der Waals surface area contributed by atoms with Gasteiger partial charge in [0.2, 0.25) is 17.7 Å². The van der Waals surface area contributed by atoms with Gasteiger partial charge >= 0.3 is 30.1 Å². The van der Waals surface area contributed by atoms with Crippen LogP contribution in [0.3, 0.4) is 0 Å². The largest absolute Gasteiger partial charge is 0.480 e. The van der Waals surface area contributed by atoms with Crippen molar-refractivity contribution >= 4 is 60.2 Å². The van der Waals surface area contributed by atoms with Gasteiger partial charge in [0.15, 0.2) is 6.04 Å². The number of β-amino-alcohol motifs (C(OH)–C–C–N with tert-alkyl or cyclic N) is 2. The number of carboxylic acid groups (broad SMARTS) is 1. The van der Waals surface area contributed by atoms with Gasteiger partial charge in [-0.1, -0.05) is 24.3 Å². The Balaban J connectivity index is 0.000000624. The molecule has 8 N–H and O–H groups in total. The molecule has 4 aliphatic rings. The molecular formula is C52H85ClN6O17. The number of alkyl carbamates (subject to hydrolysis) is 2. The van der Waals surface area contributed by atoms with Crippen molar-refractivity contribution in [3.05, 3.63) is 50.6 Å². The molecule has 4 rings (SSSR count). The molecule has 10 atom stereocenters. The second-order valence-electron chi connectivity index (χ2n) is 20.4. The minimum atomic E-state index is -1.24. The number of unbranched alkanes of at least 4 members (excludes halogenated alkanes) is 2. The molecule has 2 aliphatic carbocycles. The number of ether oxygens (including phenoxy) is 6. The Hall–Kier alpha value is -5.59. The monoisotopic (exact) mass is 1100 g/mol. The number of likely N-dealkylation sites (tertiary alicyclic amines) is 1. The normalized spacial score (nSPS) is 24.7. The molecule has 0 aromatic heterocycles. The molecule has 0 unspecified atom stereocenters. The minimum absolute atomic E-state index is 0. The number of aliphatic hydroxyl groups excluding tert-OH is 2. The zero-order valence-corrected chi connectivity index (χ0v) is 46.3. The van der Waals surface area contributed by atoms with E-state index in [1.54, 1.807) is 79.7 Å². The Kier molecular flexibility index (Phi) is 29.0. The van der Waals surface area contributed by atoms with E-state index in [0.29, 0.717) is 45.4 Å². The van der Waals surface area contributed by atoms with Crippen LogP contribution in [0, 0.1) is 11.8 Å². The van der Waals surface area contributed by atoms with E-state index in [0.717, 1.165) is 19.3 Å². The number of halogens is 1. The van der Waals surface area contributed by atoms with Gasteiger partial charge in [0.1, 0.15) is 34.4 Å². The van der Waals surface area contributed by atoms with Crippen molar-refractivity contribution in [1.82, 2.24) is 31.5 Å². The van der Waals surface area contributed by atoms with Gasteiger partial charge in [-0.25, -0.2) is 24.0 Å². The van der Waals surface area contributed by atoms with Crippen LogP contribution in [-0.2, 0) is 57.2 Å². The number of hydrogen-bond donors (Lipinski definition) is 8. The van der Waals surface area contributed by atoms with E-state index in [9.17, 15) is 48.6 Å². The summed E-state index contributed by atoms with van der Waals surface area (Å²) in [7, 11) is 0. The summed E-state index contributed by atoms with van der Waals surface area (Å²) in [6, 6.07) is -3.77. The average molecular weight is 1100 g/mol. The molecule has 76 heavy (non-hydrogen) atoms. The molecule has 4 fully saturated rings. The van der Waals surface area contributed by atoms with Crippen LogP contribution < -0.4 is 26.6 Å². The highest BCUT2D eigenvalue weighted by Gasteiger charge is 2.63. The van der Waals surface area contributed by atoms with E-state index < -0.39 is 101 Å². The maximum Gasteiger partial charge on any atom is 0.408 e. The Morgan fingerprint density at radius 3 is 1.53 bits per heavy atom. The summed E-state index contributed by atoms with van der Waals surface area (Å²) in [5, 5.41) is 41.9. The molecule has 0 aromatic rings. The fourth-order valence-corrected chi connectivity index (χ4v) is 7.87. The Morgan fingerprint density at radius 2 is 1.14 bits per heavy atom. The standard InChI is InChI=1S/C26H41N3O8.C13H20N2O4.C13H23NO5.ClH/c1-7-10-11-12-35-16-19(27-24(34)37-25(4,5)6)22(32)29-15-18(30)13-20(29)21(31)28-26(14-17(26)8-2)23(33)36-9-3;1-3-8-6-13(8,12(18)19-4-2)15-11(17)10-5-9(16)7-14-10;1-5-6-7-8-18-9-10(11(15)16)14-12(17)19-13(2,3)4;/h7-8,17-20,30H,1-2,9-16H2,3-6H3,(H,27,34)(H,28,31);3,8-10,14,16H,1,4-7H2,2H3,(H,15,17);5,10H,1,6-9H2,2-4H3,(H,14,17)(H,15,16);1H/t17-,18-,19+,20+,26-;8-,9-,10+,13-;10-;/m110./s1. The molecule has 2 saturated heterocycles. The maximum atomic E-state index is 13.5. The second kappa shape index (κ2) is 32.2. The van der Waals surface area contributed by atoms with Gasteiger partial charge in [-0.15, -0.1) is 38.7 Å². The van der Waals surface area contributed by atoms with Gasteiger partial charge in [-0.05, 0) is 100 Å². The molecular weight excluding hydrogens is 1020 g/mol. The molecule has 24 heteroatoms. The van der Waals surface area contributed by atoms with Crippen molar-refractivity contribution in [3.8, 4) is 0 Å². The first-order valence-corrected chi connectivity index (χ1v) is 25.4. The molecule has 432 valence electrons. The lowest BCUT2D eigenvalue weighted by Gasteiger charge is -2.30. The third-order valence-electron chi connectivity index (χ3n) is 11.8. The third kappa shape index (κ3) is 22.6. The summed E-state index contributed by atoms with van der Waals surface area (Å²) in [4.78, 5) is 99.5. The molecule has 5 amide bonds. The van der Waals surface area contributed by atoms with Crippen LogP contribution in [0.25, 0.3) is 0 Å². The summed E-state index contributed by atoms with van der Waals surface area (Å²) >= 11 is 0. The first-order valence-electron chi connectivity index (χ1n) is 25.4. The molecule has 0 bridgehead atoms. The maximum absolute atomic E-state index is 13.5. The molecule has 2 aliphatic heterocycles. The Bertz CT molecular complexity index is 2000.